The van der Waals surface area contributed by atoms with Crippen LogP contribution in [0.3, 0.4) is 0 Å². The zero-order chi connectivity index (χ0) is 17.8. The van der Waals surface area contributed by atoms with Gasteiger partial charge in [0.25, 0.3) is 0 Å². The van der Waals surface area contributed by atoms with E-state index in [2.05, 4.69) is 4.98 Å². The number of aromatic carboxylic acids is 1. The molecule has 0 amide bonds. The molecule has 1 unspecified atom stereocenters. The highest BCUT2D eigenvalue weighted by molar-refractivity contribution is 6.05. The number of aromatic nitrogens is 1. The first-order valence-corrected chi connectivity index (χ1v) is 7.78. The van der Waals surface area contributed by atoms with Crippen LogP contribution in [0.1, 0.15) is 15.9 Å². The normalized spacial score (nSPS) is 12.1. The molecule has 0 bridgehead atoms. The van der Waals surface area contributed by atoms with Crippen molar-refractivity contribution in [2.75, 3.05) is 6.61 Å². The van der Waals surface area contributed by atoms with E-state index in [1.165, 1.54) is 6.07 Å². The summed E-state index contributed by atoms with van der Waals surface area (Å²) in [6.07, 6.45) is 1.65. The van der Waals surface area contributed by atoms with Gasteiger partial charge >= 0.3 is 5.97 Å². The molecule has 0 saturated heterocycles. The molecule has 0 saturated carbocycles. The summed E-state index contributed by atoms with van der Waals surface area (Å²) in [5, 5.41) is 9.69. The van der Waals surface area contributed by atoms with Crippen molar-refractivity contribution < 1.29 is 19.0 Å². The first-order valence-electron chi connectivity index (χ1n) is 7.78. The average molecular weight is 340 g/mol. The third kappa shape index (κ3) is 3.92. The summed E-state index contributed by atoms with van der Waals surface area (Å²) in [6, 6.07) is 13.7. The smallest absolute Gasteiger partial charge is 0.340 e. The highest BCUT2D eigenvalue weighted by Crippen LogP contribution is 2.28. The van der Waals surface area contributed by atoms with Gasteiger partial charge in [-0.2, -0.15) is 0 Å². The number of rotatable bonds is 6. The molecule has 3 aromatic rings. The molecule has 1 heterocycles. The van der Waals surface area contributed by atoms with Crippen molar-refractivity contribution in [1.29, 1.82) is 0 Å². The Hall–Kier alpha value is -2.99. The number of benzene rings is 2. The quantitative estimate of drug-likeness (QED) is 0.720. The predicted octanol–water partition coefficient (Wildman–Crippen LogP) is 3.02. The largest absolute Gasteiger partial charge is 0.491 e. The molecule has 0 radical (unpaired) electrons. The molecule has 0 aliphatic carbocycles. The maximum absolute atomic E-state index is 13.5. The standard InChI is InChI=1S/C19H17FN2O3/c20-13-9-15-16(22-10-13)6-7-17(18(15)19(23)24)25-11-14(21)8-12-4-2-1-3-5-12/h1-7,9-10,14H,8,11,21H2,(H,23,24). The monoisotopic (exact) mass is 340 g/mol. The second-order valence-corrected chi connectivity index (χ2v) is 5.72. The van der Waals surface area contributed by atoms with Crippen molar-refractivity contribution >= 4 is 16.9 Å². The molecule has 3 N–H and O–H groups in total. The Morgan fingerprint density at radius 1 is 1.24 bits per heavy atom. The van der Waals surface area contributed by atoms with Crippen LogP contribution >= 0.6 is 0 Å². The van der Waals surface area contributed by atoms with E-state index in [0.29, 0.717) is 11.9 Å². The molecule has 0 aliphatic heterocycles. The van der Waals surface area contributed by atoms with Gasteiger partial charge < -0.3 is 15.6 Å². The van der Waals surface area contributed by atoms with Crippen molar-refractivity contribution in [3.63, 3.8) is 0 Å². The number of carbonyl (C=O) groups is 1. The van der Waals surface area contributed by atoms with E-state index in [-0.39, 0.29) is 29.3 Å². The van der Waals surface area contributed by atoms with Gasteiger partial charge in [0, 0.05) is 11.4 Å². The summed E-state index contributed by atoms with van der Waals surface area (Å²) in [5.41, 5.74) is 7.42. The molecule has 5 nitrogen and oxygen atoms in total. The van der Waals surface area contributed by atoms with Gasteiger partial charge in [-0.15, -0.1) is 0 Å². The molecule has 25 heavy (non-hydrogen) atoms. The number of halogens is 1. The highest BCUT2D eigenvalue weighted by atomic mass is 19.1. The Morgan fingerprint density at radius 3 is 2.72 bits per heavy atom. The van der Waals surface area contributed by atoms with Gasteiger partial charge in [0.15, 0.2) is 0 Å². The zero-order valence-corrected chi connectivity index (χ0v) is 13.4. The molecule has 1 aromatic heterocycles. The second-order valence-electron chi connectivity index (χ2n) is 5.72. The lowest BCUT2D eigenvalue weighted by Gasteiger charge is -2.15. The van der Waals surface area contributed by atoms with E-state index in [4.69, 9.17) is 10.5 Å². The molecule has 0 spiro atoms. The van der Waals surface area contributed by atoms with Crippen LogP contribution in [0, 0.1) is 5.82 Å². The van der Waals surface area contributed by atoms with E-state index < -0.39 is 11.8 Å². The Balaban J connectivity index is 1.81. The number of carboxylic acid groups (broad SMARTS) is 1. The molecule has 128 valence electrons. The Morgan fingerprint density at radius 2 is 2.00 bits per heavy atom. The van der Waals surface area contributed by atoms with Gasteiger partial charge in [-0.3, -0.25) is 4.98 Å². The summed E-state index contributed by atoms with van der Waals surface area (Å²) in [6.45, 7) is 0.142. The van der Waals surface area contributed by atoms with Crippen LogP contribution < -0.4 is 10.5 Å². The van der Waals surface area contributed by atoms with Crippen molar-refractivity contribution in [1.82, 2.24) is 4.98 Å². The first kappa shape index (κ1) is 16.9. The fraction of sp³-hybridized carbons (Fsp3) is 0.158. The number of hydrogen-bond acceptors (Lipinski definition) is 4. The topological polar surface area (TPSA) is 85.4 Å². The number of ether oxygens (including phenoxy) is 1. The first-order chi connectivity index (χ1) is 12.0. The lowest BCUT2D eigenvalue weighted by molar-refractivity contribution is 0.0694. The fourth-order valence-corrected chi connectivity index (χ4v) is 2.67. The third-order valence-corrected chi connectivity index (χ3v) is 3.80. The van der Waals surface area contributed by atoms with Gasteiger partial charge in [-0.05, 0) is 30.2 Å². The Kier molecular flexibility index (Phi) is 4.90. The van der Waals surface area contributed by atoms with Crippen molar-refractivity contribution in [2.24, 2.45) is 5.73 Å². The maximum atomic E-state index is 13.5. The molecule has 2 aromatic carbocycles. The van der Waals surface area contributed by atoms with Crippen molar-refractivity contribution in [2.45, 2.75) is 12.5 Å². The number of hydrogen-bond donors (Lipinski definition) is 2. The van der Waals surface area contributed by atoms with Crippen LogP contribution in [0.15, 0.2) is 54.7 Å². The van der Waals surface area contributed by atoms with Crippen LogP contribution in [-0.4, -0.2) is 28.7 Å². The second kappa shape index (κ2) is 7.27. The van der Waals surface area contributed by atoms with Crippen LogP contribution in [0.5, 0.6) is 5.75 Å². The van der Waals surface area contributed by atoms with Crippen molar-refractivity contribution in [3.05, 3.63) is 71.7 Å². The number of nitrogens with two attached hydrogens (primary N) is 1. The predicted molar refractivity (Wildman–Crippen MR) is 92.3 cm³/mol. The molecule has 6 heteroatoms. The highest BCUT2D eigenvalue weighted by Gasteiger charge is 2.18. The molecule has 0 aliphatic rings. The van der Waals surface area contributed by atoms with E-state index in [1.54, 1.807) is 6.07 Å². The molecule has 1 atom stereocenters. The van der Waals surface area contributed by atoms with Crippen LogP contribution in [0.4, 0.5) is 4.39 Å². The van der Waals surface area contributed by atoms with E-state index in [1.807, 2.05) is 30.3 Å². The summed E-state index contributed by atoms with van der Waals surface area (Å²) in [7, 11) is 0. The van der Waals surface area contributed by atoms with Gasteiger partial charge in [0.2, 0.25) is 0 Å². The minimum Gasteiger partial charge on any atom is -0.491 e. The fourth-order valence-electron chi connectivity index (χ4n) is 2.67. The Labute approximate surface area is 143 Å². The summed E-state index contributed by atoms with van der Waals surface area (Å²) in [5.74, 6) is -1.66. The molecule has 3 rings (SSSR count). The lowest BCUT2D eigenvalue weighted by Crippen LogP contribution is -2.30. The number of carboxylic acids is 1. The zero-order valence-electron chi connectivity index (χ0n) is 13.4. The minimum atomic E-state index is -1.20. The average Bonchev–Trinajstić information content (AvgIpc) is 2.59. The number of pyridine rings is 1. The Bertz CT molecular complexity index is 900. The minimum absolute atomic E-state index is 0.114. The lowest BCUT2D eigenvalue weighted by atomic mass is 10.1. The summed E-state index contributed by atoms with van der Waals surface area (Å²) >= 11 is 0. The van der Waals surface area contributed by atoms with E-state index in [0.717, 1.165) is 17.8 Å². The van der Waals surface area contributed by atoms with Crippen molar-refractivity contribution in [3.8, 4) is 5.75 Å². The van der Waals surface area contributed by atoms with Gasteiger partial charge in [0.1, 0.15) is 23.7 Å². The molecular weight excluding hydrogens is 323 g/mol. The maximum Gasteiger partial charge on any atom is 0.340 e. The van der Waals surface area contributed by atoms with Crippen LogP contribution in [0.2, 0.25) is 0 Å². The SMILES string of the molecule is NC(COc1ccc2ncc(F)cc2c1C(=O)O)Cc1ccccc1. The van der Waals surface area contributed by atoms with Gasteiger partial charge in [0.05, 0.1) is 11.7 Å². The van der Waals surface area contributed by atoms with E-state index in [9.17, 15) is 14.3 Å². The summed E-state index contributed by atoms with van der Waals surface area (Å²) in [4.78, 5) is 15.5. The van der Waals surface area contributed by atoms with Gasteiger partial charge in [-0.1, -0.05) is 30.3 Å². The summed E-state index contributed by atoms with van der Waals surface area (Å²) < 4.78 is 19.1. The van der Waals surface area contributed by atoms with Crippen LogP contribution in [-0.2, 0) is 6.42 Å². The number of fused-ring (bicyclic) bond motifs is 1. The third-order valence-electron chi connectivity index (χ3n) is 3.80. The van der Waals surface area contributed by atoms with E-state index >= 15 is 0 Å². The van der Waals surface area contributed by atoms with Gasteiger partial charge in [-0.25, -0.2) is 9.18 Å². The molecule has 0 fully saturated rings. The molecular formula is C19H17FN2O3. The van der Waals surface area contributed by atoms with Crippen LogP contribution in [0.25, 0.3) is 10.9 Å². The number of nitrogens with zero attached hydrogens (tertiary/aromatic N) is 1.